The molecule has 4 heteroatoms. The highest BCUT2D eigenvalue weighted by atomic mass is 32.2. The molecule has 1 fully saturated rings. The highest BCUT2D eigenvalue weighted by molar-refractivity contribution is 7.99. The average Bonchev–Trinajstić information content (AvgIpc) is 3.31. The number of aliphatic hydroxyl groups is 1. The number of unbranched alkanes of at least 4 members (excludes halogenated alkanes) is 1. The lowest BCUT2D eigenvalue weighted by molar-refractivity contribution is 0.161. The zero-order valence-corrected chi connectivity index (χ0v) is 13.9. The lowest BCUT2D eigenvalue weighted by Gasteiger charge is -2.29. The lowest BCUT2D eigenvalue weighted by Crippen LogP contribution is -2.46. The van der Waals surface area contributed by atoms with E-state index in [0.717, 1.165) is 30.8 Å². The summed E-state index contributed by atoms with van der Waals surface area (Å²) in [4.78, 5) is 1.21. The fourth-order valence-electron chi connectivity index (χ4n) is 2.45. The smallest absolute Gasteiger partial charge is 0.132 e. The number of hydrogen-bond donors (Lipinski definition) is 2. The number of benzene rings is 1. The van der Waals surface area contributed by atoms with Gasteiger partial charge in [0.15, 0.2) is 0 Å². The topological polar surface area (TPSA) is 41.5 Å². The Morgan fingerprint density at radius 3 is 2.76 bits per heavy atom. The monoisotopic (exact) mass is 309 g/mol. The van der Waals surface area contributed by atoms with E-state index in [-0.39, 0.29) is 12.1 Å². The summed E-state index contributed by atoms with van der Waals surface area (Å²) in [5.41, 5.74) is -0.101. The van der Waals surface area contributed by atoms with Crippen LogP contribution >= 0.6 is 11.8 Å². The largest absolute Gasteiger partial charge is 0.496 e. The fourth-order valence-corrected chi connectivity index (χ4v) is 3.49. The van der Waals surface area contributed by atoms with E-state index in [4.69, 9.17) is 4.74 Å². The van der Waals surface area contributed by atoms with Crippen LogP contribution < -0.4 is 10.1 Å². The van der Waals surface area contributed by atoms with E-state index < -0.39 is 0 Å². The third-order valence-corrected chi connectivity index (χ3v) is 5.07. The van der Waals surface area contributed by atoms with Gasteiger partial charge in [-0.15, -0.1) is 11.8 Å². The van der Waals surface area contributed by atoms with Crippen LogP contribution in [-0.2, 0) is 0 Å². The second-order valence-corrected chi connectivity index (χ2v) is 7.23. The van der Waals surface area contributed by atoms with Crippen molar-refractivity contribution in [3.05, 3.63) is 24.3 Å². The van der Waals surface area contributed by atoms with Crippen LogP contribution in [0.3, 0.4) is 0 Å². The summed E-state index contributed by atoms with van der Waals surface area (Å²) in [5.74, 6) is 2.05. The number of ether oxygens (including phenoxy) is 1. The van der Waals surface area contributed by atoms with E-state index in [1.807, 2.05) is 30.0 Å². The minimum Gasteiger partial charge on any atom is -0.496 e. The van der Waals surface area contributed by atoms with E-state index in [0.29, 0.717) is 6.04 Å². The second kappa shape index (κ2) is 8.06. The Morgan fingerprint density at radius 2 is 2.10 bits per heavy atom. The van der Waals surface area contributed by atoms with Crippen molar-refractivity contribution in [3.63, 3.8) is 0 Å². The van der Waals surface area contributed by atoms with Gasteiger partial charge in [0.05, 0.1) is 13.7 Å². The second-order valence-electron chi connectivity index (χ2n) is 6.09. The zero-order valence-electron chi connectivity index (χ0n) is 13.1. The summed E-state index contributed by atoms with van der Waals surface area (Å²) >= 11 is 1.85. The predicted octanol–water partition coefficient (Wildman–Crippen LogP) is 3.46. The van der Waals surface area contributed by atoms with Gasteiger partial charge in [-0.05, 0) is 50.5 Å². The molecule has 0 saturated heterocycles. The molecule has 118 valence electrons. The molecule has 3 nitrogen and oxygen atoms in total. The molecule has 2 rings (SSSR count). The van der Waals surface area contributed by atoms with E-state index in [9.17, 15) is 5.11 Å². The van der Waals surface area contributed by atoms with Gasteiger partial charge >= 0.3 is 0 Å². The molecular weight excluding hydrogens is 282 g/mol. The van der Waals surface area contributed by atoms with Crippen molar-refractivity contribution in [1.29, 1.82) is 0 Å². The van der Waals surface area contributed by atoms with Crippen molar-refractivity contribution in [3.8, 4) is 5.75 Å². The number of rotatable bonds is 10. The van der Waals surface area contributed by atoms with Gasteiger partial charge in [-0.25, -0.2) is 0 Å². The van der Waals surface area contributed by atoms with E-state index in [1.54, 1.807) is 7.11 Å². The molecule has 1 saturated carbocycles. The Morgan fingerprint density at radius 1 is 1.33 bits per heavy atom. The summed E-state index contributed by atoms with van der Waals surface area (Å²) < 4.78 is 5.36. The van der Waals surface area contributed by atoms with Crippen LogP contribution in [0.4, 0.5) is 0 Å². The van der Waals surface area contributed by atoms with Crippen LogP contribution in [0.1, 0.15) is 39.0 Å². The van der Waals surface area contributed by atoms with Crippen molar-refractivity contribution >= 4 is 11.8 Å². The van der Waals surface area contributed by atoms with Gasteiger partial charge < -0.3 is 15.2 Å². The van der Waals surface area contributed by atoms with Crippen LogP contribution in [0.5, 0.6) is 5.75 Å². The standard InChI is InChI=1S/C17H27NO2S/c1-17(13-19,18-14-9-10-14)11-5-6-12-21-16-8-4-3-7-15(16)20-2/h3-4,7-8,14,18-19H,5-6,9-13H2,1-2H3. The fraction of sp³-hybridized carbons (Fsp3) is 0.647. The molecular formula is C17H27NO2S. The third-order valence-electron chi connectivity index (χ3n) is 3.93. The predicted molar refractivity (Wildman–Crippen MR) is 89.2 cm³/mol. The molecule has 0 bridgehead atoms. The molecule has 0 aliphatic heterocycles. The molecule has 21 heavy (non-hydrogen) atoms. The van der Waals surface area contributed by atoms with Crippen molar-refractivity contribution in [2.45, 2.75) is 55.5 Å². The summed E-state index contributed by atoms with van der Waals surface area (Å²) in [7, 11) is 1.72. The molecule has 1 aliphatic rings. The Bertz CT molecular complexity index is 437. The van der Waals surface area contributed by atoms with Crippen molar-refractivity contribution in [2.24, 2.45) is 0 Å². The quantitative estimate of drug-likeness (QED) is 0.513. The van der Waals surface area contributed by atoms with Gasteiger partial charge in [0.1, 0.15) is 5.75 Å². The van der Waals surface area contributed by atoms with Crippen molar-refractivity contribution in [1.82, 2.24) is 5.32 Å². The van der Waals surface area contributed by atoms with Gasteiger partial charge in [-0.2, -0.15) is 0 Å². The molecule has 1 aromatic carbocycles. The molecule has 0 heterocycles. The lowest BCUT2D eigenvalue weighted by atomic mass is 9.96. The first-order chi connectivity index (χ1) is 10.2. The zero-order chi connectivity index (χ0) is 15.1. The van der Waals surface area contributed by atoms with Crippen molar-refractivity contribution in [2.75, 3.05) is 19.5 Å². The highest BCUT2D eigenvalue weighted by Crippen LogP contribution is 2.30. The molecule has 1 aromatic rings. The van der Waals surface area contributed by atoms with Gasteiger partial charge in [0.25, 0.3) is 0 Å². The van der Waals surface area contributed by atoms with Crippen LogP contribution in [0.2, 0.25) is 0 Å². The van der Waals surface area contributed by atoms with Gasteiger partial charge in [-0.3, -0.25) is 0 Å². The first-order valence-electron chi connectivity index (χ1n) is 7.81. The van der Waals surface area contributed by atoms with Crippen LogP contribution in [0.25, 0.3) is 0 Å². The van der Waals surface area contributed by atoms with Crippen LogP contribution in [-0.4, -0.2) is 36.2 Å². The number of aliphatic hydroxyl groups excluding tert-OH is 1. The molecule has 0 spiro atoms. The van der Waals surface area contributed by atoms with E-state index in [1.165, 1.54) is 17.7 Å². The molecule has 2 N–H and O–H groups in total. The summed E-state index contributed by atoms with van der Waals surface area (Å²) in [6.07, 6.45) is 5.86. The first kappa shape index (κ1) is 16.7. The Kier molecular flexibility index (Phi) is 6.40. The number of nitrogens with one attached hydrogen (secondary N) is 1. The maximum atomic E-state index is 9.58. The van der Waals surface area contributed by atoms with Gasteiger partial charge in [0.2, 0.25) is 0 Å². The first-order valence-corrected chi connectivity index (χ1v) is 8.80. The maximum absolute atomic E-state index is 9.58. The molecule has 0 amide bonds. The number of thioether (sulfide) groups is 1. The summed E-state index contributed by atoms with van der Waals surface area (Å²) in [5, 5.41) is 13.1. The summed E-state index contributed by atoms with van der Waals surface area (Å²) in [6.45, 7) is 2.36. The Balaban J connectivity index is 1.67. The SMILES string of the molecule is COc1ccccc1SCCCCC(C)(CO)NC1CC1. The van der Waals surface area contributed by atoms with E-state index in [2.05, 4.69) is 18.3 Å². The van der Waals surface area contributed by atoms with Gasteiger partial charge in [-0.1, -0.05) is 18.6 Å². The Hall–Kier alpha value is -0.710. The van der Waals surface area contributed by atoms with Gasteiger partial charge in [0, 0.05) is 16.5 Å². The normalized spacial score (nSPS) is 17.5. The molecule has 1 aliphatic carbocycles. The van der Waals surface area contributed by atoms with Crippen LogP contribution in [0, 0.1) is 0 Å². The minimum absolute atomic E-state index is 0.101. The molecule has 0 aromatic heterocycles. The minimum atomic E-state index is -0.101. The summed E-state index contributed by atoms with van der Waals surface area (Å²) in [6, 6.07) is 8.80. The highest BCUT2D eigenvalue weighted by Gasteiger charge is 2.31. The average molecular weight is 309 g/mol. The van der Waals surface area contributed by atoms with Crippen molar-refractivity contribution < 1.29 is 9.84 Å². The number of methoxy groups -OCH3 is 1. The number of hydrogen-bond acceptors (Lipinski definition) is 4. The number of para-hydroxylation sites is 1. The molecule has 1 unspecified atom stereocenters. The van der Waals surface area contributed by atoms with E-state index >= 15 is 0 Å². The maximum Gasteiger partial charge on any atom is 0.132 e. The van der Waals surface area contributed by atoms with Crippen LogP contribution in [0.15, 0.2) is 29.2 Å². The molecule has 1 atom stereocenters. The Labute approximate surface area is 132 Å². The molecule has 0 radical (unpaired) electrons. The third kappa shape index (κ3) is 5.53.